The highest BCUT2D eigenvalue weighted by Crippen LogP contribution is 2.43. The summed E-state index contributed by atoms with van der Waals surface area (Å²) in [6.45, 7) is 18.8. The lowest BCUT2D eigenvalue weighted by atomic mass is 9.82. The highest BCUT2D eigenvalue weighted by molar-refractivity contribution is 5.98. The Morgan fingerprint density at radius 3 is 1.21 bits per heavy atom. The quantitative estimate of drug-likeness (QED) is 0.0817. The first-order valence-corrected chi connectivity index (χ1v) is 23.1. The molecule has 0 saturated heterocycles. The Bertz CT molecular complexity index is 2660. The maximum absolute atomic E-state index is 13.5. The van der Waals surface area contributed by atoms with Gasteiger partial charge < -0.3 is 15.1 Å². The zero-order valence-electron chi connectivity index (χ0n) is 40.0. The highest BCUT2D eigenvalue weighted by Gasteiger charge is 2.29. The molecule has 350 valence electrons. The maximum atomic E-state index is 13.5. The molecule has 0 fully saturated rings. The standard InChI is InChI=1S/C58H61F6N3/c1-36-30-39(4)54(40(5)31-36)65-52-25-24-51(49-14-10-11-15-50(49)52)53(45-16-20-47(21-17-45)66(28-12-26-57(59,60)61)55-41(6)32-37(2)33-42(55)7)46-18-22-48(23-19-46)67(29-13-27-58(62,63)64)56-43(8)34-38(3)35-44(56)9/h10-11,14-25,30-35,53,65H,12-13,26-29H2,1-9H3. The summed E-state index contributed by atoms with van der Waals surface area (Å²) in [5, 5.41) is 5.84. The van der Waals surface area contributed by atoms with Gasteiger partial charge in [0.2, 0.25) is 0 Å². The number of rotatable bonds is 15. The molecule has 0 aliphatic rings. The van der Waals surface area contributed by atoms with Crippen LogP contribution in [0, 0.1) is 62.3 Å². The summed E-state index contributed by atoms with van der Waals surface area (Å²) in [6.07, 6.45) is -10.4. The number of fused-ring (bicyclic) bond motifs is 1. The fraction of sp³-hybridized carbons (Fsp3) is 0.310. The van der Waals surface area contributed by atoms with Crippen molar-refractivity contribution in [3.05, 3.63) is 188 Å². The smallest absolute Gasteiger partial charge is 0.355 e. The predicted molar refractivity (Wildman–Crippen MR) is 268 cm³/mol. The molecule has 0 unspecified atom stereocenters. The topological polar surface area (TPSA) is 18.5 Å². The minimum absolute atomic E-state index is 0.0597. The molecule has 0 saturated carbocycles. The highest BCUT2D eigenvalue weighted by atomic mass is 19.4. The molecular formula is C58H61F6N3. The fourth-order valence-corrected chi connectivity index (χ4v) is 10.3. The van der Waals surface area contributed by atoms with Gasteiger partial charge in [-0.15, -0.1) is 0 Å². The first-order valence-electron chi connectivity index (χ1n) is 23.1. The van der Waals surface area contributed by atoms with Crippen LogP contribution in [0.3, 0.4) is 0 Å². The van der Waals surface area contributed by atoms with E-state index in [1.54, 1.807) is 0 Å². The van der Waals surface area contributed by atoms with Gasteiger partial charge in [0.05, 0.1) is 0 Å². The first-order chi connectivity index (χ1) is 31.7. The van der Waals surface area contributed by atoms with Gasteiger partial charge in [-0.25, -0.2) is 0 Å². The molecule has 9 heteroatoms. The molecule has 7 aromatic carbocycles. The number of benzene rings is 7. The summed E-state index contributed by atoms with van der Waals surface area (Å²) in [5.74, 6) is -0.298. The van der Waals surface area contributed by atoms with E-state index in [2.05, 4.69) is 111 Å². The zero-order chi connectivity index (χ0) is 48.4. The van der Waals surface area contributed by atoms with Crippen molar-refractivity contribution < 1.29 is 26.3 Å². The van der Waals surface area contributed by atoms with Crippen molar-refractivity contribution in [1.29, 1.82) is 0 Å². The van der Waals surface area contributed by atoms with Crippen LogP contribution in [0.15, 0.2) is 121 Å². The number of anilines is 6. The van der Waals surface area contributed by atoms with Crippen LogP contribution in [0.5, 0.6) is 0 Å². The van der Waals surface area contributed by atoms with Crippen LogP contribution in [0.25, 0.3) is 10.8 Å². The third-order valence-corrected chi connectivity index (χ3v) is 12.8. The van der Waals surface area contributed by atoms with E-state index in [9.17, 15) is 26.3 Å². The van der Waals surface area contributed by atoms with Crippen LogP contribution in [-0.2, 0) is 0 Å². The molecule has 0 atom stereocenters. The Morgan fingerprint density at radius 2 is 0.821 bits per heavy atom. The number of alkyl halides is 6. The number of hydrogen-bond acceptors (Lipinski definition) is 3. The van der Waals surface area contributed by atoms with Crippen molar-refractivity contribution in [1.82, 2.24) is 0 Å². The fourth-order valence-electron chi connectivity index (χ4n) is 10.3. The van der Waals surface area contributed by atoms with E-state index in [4.69, 9.17) is 0 Å². The molecule has 0 radical (unpaired) electrons. The summed E-state index contributed by atoms with van der Waals surface area (Å²) >= 11 is 0. The van der Waals surface area contributed by atoms with Crippen molar-refractivity contribution in [2.75, 3.05) is 28.2 Å². The van der Waals surface area contributed by atoms with E-state index in [1.165, 1.54) is 5.56 Å². The number of hydrogen-bond donors (Lipinski definition) is 1. The van der Waals surface area contributed by atoms with Crippen LogP contribution in [0.4, 0.5) is 60.5 Å². The number of aryl methyl sites for hydroxylation is 9. The van der Waals surface area contributed by atoms with Crippen LogP contribution in [-0.4, -0.2) is 25.4 Å². The van der Waals surface area contributed by atoms with Gasteiger partial charge in [0, 0.05) is 71.4 Å². The number of nitrogens with one attached hydrogen (secondary N) is 1. The second kappa shape index (κ2) is 19.9. The molecule has 0 spiro atoms. The van der Waals surface area contributed by atoms with Crippen LogP contribution in [0.1, 0.15) is 98.4 Å². The minimum Gasteiger partial charge on any atom is -0.355 e. The van der Waals surface area contributed by atoms with Gasteiger partial charge in [-0.3, -0.25) is 0 Å². The minimum atomic E-state index is -4.26. The molecular weight excluding hydrogens is 853 g/mol. The molecule has 0 heterocycles. The van der Waals surface area contributed by atoms with Gasteiger partial charge in [-0.1, -0.05) is 108 Å². The van der Waals surface area contributed by atoms with Gasteiger partial charge in [0.25, 0.3) is 0 Å². The molecule has 7 aromatic rings. The maximum Gasteiger partial charge on any atom is 0.389 e. The SMILES string of the molecule is Cc1cc(C)c(Nc2ccc(C(c3ccc(N(CCCC(F)(F)F)c4c(C)cc(C)cc4C)cc3)c3ccc(N(CCCC(F)(F)F)c4c(C)cc(C)cc4C)cc3)c3ccccc23)c(C)c1. The number of halogens is 6. The Balaban J connectivity index is 1.36. The average molecular weight is 914 g/mol. The second-order valence-electron chi connectivity index (χ2n) is 18.5. The van der Waals surface area contributed by atoms with Gasteiger partial charge in [-0.2, -0.15) is 26.3 Å². The number of nitrogens with zero attached hydrogens (tertiary/aromatic N) is 2. The van der Waals surface area contributed by atoms with E-state index in [-0.39, 0.29) is 31.8 Å². The van der Waals surface area contributed by atoms with E-state index >= 15 is 0 Å². The molecule has 0 amide bonds. The first kappa shape index (κ1) is 48.7. The third-order valence-electron chi connectivity index (χ3n) is 12.8. The van der Waals surface area contributed by atoms with Crippen LogP contribution >= 0.6 is 0 Å². The lowest BCUT2D eigenvalue weighted by molar-refractivity contribution is -0.135. The summed E-state index contributed by atoms with van der Waals surface area (Å²) in [5.41, 5.74) is 18.1. The normalized spacial score (nSPS) is 12.0. The molecule has 0 aliphatic carbocycles. The second-order valence-corrected chi connectivity index (χ2v) is 18.5. The monoisotopic (exact) mass is 913 g/mol. The van der Waals surface area contributed by atoms with Crippen molar-refractivity contribution in [2.24, 2.45) is 0 Å². The van der Waals surface area contributed by atoms with E-state index in [0.717, 1.165) is 106 Å². The molecule has 1 N–H and O–H groups in total. The van der Waals surface area contributed by atoms with Crippen LogP contribution in [0.2, 0.25) is 0 Å². The summed E-state index contributed by atoms with van der Waals surface area (Å²) in [6, 6.07) is 41.6. The van der Waals surface area contributed by atoms with Crippen molar-refractivity contribution in [3.63, 3.8) is 0 Å². The van der Waals surface area contributed by atoms with E-state index < -0.39 is 25.2 Å². The van der Waals surface area contributed by atoms with Crippen molar-refractivity contribution in [2.45, 2.75) is 106 Å². The molecule has 3 nitrogen and oxygen atoms in total. The molecule has 7 rings (SSSR count). The summed E-state index contributed by atoms with van der Waals surface area (Å²) in [4.78, 5) is 4.02. The summed E-state index contributed by atoms with van der Waals surface area (Å²) in [7, 11) is 0. The van der Waals surface area contributed by atoms with Gasteiger partial charge in [0.15, 0.2) is 0 Å². The Labute approximate surface area is 392 Å². The molecule has 0 aliphatic heterocycles. The van der Waals surface area contributed by atoms with Crippen LogP contribution < -0.4 is 15.1 Å². The lowest BCUT2D eigenvalue weighted by Gasteiger charge is -2.30. The van der Waals surface area contributed by atoms with Gasteiger partial charge in [-0.05, 0) is 161 Å². The largest absolute Gasteiger partial charge is 0.389 e. The third kappa shape index (κ3) is 11.5. The van der Waals surface area contributed by atoms with E-state index in [0.29, 0.717) is 0 Å². The zero-order valence-corrected chi connectivity index (χ0v) is 40.0. The van der Waals surface area contributed by atoms with Gasteiger partial charge in [0.1, 0.15) is 0 Å². The van der Waals surface area contributed by atoms with Crippen molar-refractivity contribution >= 4 is 44.9 Å². The Hall–Kier alpha value is -6.22. The van der Waals surface area contributed by atoms with Gasteiger partial charge >= 0.3 is 12.4 Å². The lowest BCUT2D eigenvalue weighted by Crippen LogP contribution is -2.22. The van der Waals surface area contributed by atoms with Crippen molar-refractivity contribution in [3.8, 4) is 0 Å². The predicted octanol–water partition coefficient (Wildman–Crippen LogP) is 17.5. The average Bonchev–Trinajstić information content (AvgIpc) is 3.23. The molecule has 67 heavy (non-hydrogen) atoms. The Kier molecular flexibility index (Phi) is 14.5. The van der Waals surface area contributed by atoms with E-state index in [1.807, 2.05) is 87.7 Å². The molecule has 0 bridgehead atoms. The Morgan fingerprint density at radius 1 is 0.448 bits per heavy atom. The summed E-state index contributed by atoms with van der Waals surface area (Å²) < 4.78 is 81.1. The molecule has 0 aromatic heterocycles.